The molecular weight excluding hydrogens is 176 g/mol. The highest BCUT2D eigenvalue weighted by Gasteiger charge is 2.10. The van der Waals surface area contributed by atoms with Crippen LogP contribution in [0.2, 0.25) is 0 Å². The van der Waals surface area contributed by atoms with Crippen molar-refractivity contribution >= 4 is 5.52 Å². The van der Waals surface area contributed by atoms with E-state index in [1.54, 1.807) is 29.3 Å². The highest BCUT2D eigenvalue weighted by molar-refractivity contribution is 5.53. The summed E-state index contributed by atoms with van der Waals surface area (Å²) in [7, 11) is 0. The number of aromatic nitrogens is 3. The van der Waals surface area contributed by atoms with Gasteiger partial charge in [-0.15, -0.1) is 6.58 Å². The summed E-state index contributed by atoms with van der Waals surface area (Å²) in [5.41, 5.74) is 7.94. The molecule has 4 heteroatoms. The topological polar surface area (TPSA) is 56.2 Å². The predicted octanol–water partition coefficient (Wildman–Crippen LogP) is 1.31. The summed E-state index contributed by atoms with van der Waals surface area (Å²) in [6.07, 6.45) is 9.61. The third kappa shape index (κ3) is 1.40. The molecule has 2 N–H and O–H groups in total. The van der Waals surface area contributed by atoms with Crippen molar-refractivity contribution in [2.75, 3.05) is 0 Å². The van der Waals surface area contributed by atoms with Crippen LogP contribution in [0.25, 0.3) is 5.52 Å². The zero-order valence-electron chi connectivity index (χ0n) is 7.80. The molecule has 14 heavy (non-hydrogen) atoms. The first-order valence-corrected chi connectivity index (χ1v) is 4.46. The van der Waals surface area contributed by atoms with Gasteiger partial charge in [-0.1, -0.05) is 6.08 Å². The SMILES string of the molecule is C=CCC(N)c1cnn2ccncc12. The molecule has 0 aliphatic carbocycles. The van der Waals surface area contributed by atoms with Crippen molar-refractivity contribution < 1.29 is 0 Å². The second-order valence-electron chi connectivity index (χ2n) is 3.14. The quantitative estimate of drug-likeness (QED) is 0.739. The Balaban J connectivity index is 2.47. The third-order valence-electron chi connectivity index (χ3n) is 2.17. The first kappa shape index (κ1) is 8.90. The zero-order valence-corrected chi connectivity index (χ0v) is 7.80. The molecule has 0 fully saturated rings. The fourth-order valence-corrected chi connectivity index (χ4v) is 1.44. The molecule has 0 saturated heterocycles. The van der Waals surface area contributed by atoms with Gasteiger partial charge in [0.2, 0.25) is 0 Å². The Hall–Kier alpha value is -1.68. The highest BCUT2D eigenvalue weighted by atomic mass is 15.2. The molecule has 2 aromatic heterocycles. The first-order chi connectivity index (χ1) is 6.83. The van der Waals surface area contributed by atoms with Crippen LogP contribution in [0.3, 0.4) is 0 Å². The van der Waals surface area contributed by atoms with E-state index in [0.29, 0.717) is 0 Å². The highest BCUT2D eigenvalue weighted by Crippen LogP contribution is 2.18. The molecule has 1 atom stereocenters. The lowest BCUT2D eigenvalue weighted by atomic mass is 10.1. The van der Waals surface area contributed by atoms with Crippen molar-refractivity contribution in [2.24, 2.45) is 5.73 Å². The summed E-state index contributed by atoms with van der Waals surface area (Å²) in [5.74, 6) is 0. The van der Waals surface area contributed by atoms with E-state index >= 15 is 0 Å². The van der Waals surface area contributed by atoms with E-state index < -0.39 is 0 Å². The number of rotatable bonds is 3. The van der Waals surface area contributed by atoms with Gasteiger partial charge in [-0.2, -0.15) is 5.10 Å². The Kier molecular flexibility index (Phi) is 2.28. The van der Waals surface area contributed by atoms with Crippen molar-refractivity contribution in [3.8, 4) is 0 Å². The van der Waals surface area contributed by atoms with Crippen LogP contribution in [0.15, 0.2) is 37.4 Å². The van der Waals surface area contributed by atoms with Crippen LogP contribution in [0, 0.1) is 0 Å². The van der Waals surface area contributed by atoms with Crippen LogP contribution in [0.4, 0.5) is 0 Å². The maximum Gasteiger partial charge on any atom is 0.0892 e. The van der Waals surface area contributed by atoms with Crippen LogP contribution in [-0.2, 0) is 0 Å². The van der Waals surface area contributed by atoms with Gasteiger partial charge in [0.15, 0.2) is 0 Å². The Bertz CT molecular complexity index is 446. The number of nitrogens with zero attached hydrogens (tertiary/aromatic N) is 3. The summed E-state index contributed by atoms with van der Waals surface area (Å²) < 4.78 is 1.77. The molecule has 2 aromatic rings. The molecule has 72 valence electrons. The van der Waals surface area contributed by atoms with Crippen molar-refractivity contribution in [1.82, 2.24) is 14.6 Å². The Morgan fingerprint density at radius 3 is 3.21 bits per heavy atom. The summed E-state index contributed by atoms with van der Waals surface area (Å²) in [6, 6.07) is -0.0470. The molecular formula is C10H12N4. The summed E-state index contributed by atoms with van der Waals surface area (Å²) in [6.45, 7) is 3.67. The first-order valence-electron chi connectivity index (χ1n) is 4.46. The maximum atomic E-state index is 5.96. The monoisotopic (exact) mass is 188 g/mol. The number of hydrogen-bond acceptors (Lipinski definition) is 3. The Morgan fingerprint density at radius 1 is 1.57 bits per heavy atom. The van der Waals surface area contributed by atoms with Gasteiger partial charge < -0.3 is 5.73 Å². The predicted molar refractivity (Wildman–Crippen MR) is 54.7 cm³/mol. The molecule has 0 saturated carbocycles. The standard InChI is InChI=1S/C10H12N4/c1-2-3-9(11)8-6-13-14-5-4-12-7-10(8)14/h2,4-7,9H,1,3,11H2. The fourth-order valence-electron chi connectivity index (χ4n) is 1.44. The van der Waals surface area contributed by atoms with Gasteiger partial charge in [0.1, 0.15) is 0 Å². The van der Waals surface area contributed by atoms with Gasteiger partial charge in [-0.05, 0) is 6.42 Å². The normalized spacial score (nSPS) is 12.9. The van der Waals surface area contributed by atoms with Gasteiger partial charge >= 0.3 is 0 Å². The van der Waals surface area contributed by atoms with Crippen molar-refractivity contribution in [3.63, 3.8) is 0 Å². The van der Waals surface area contributed by atoms with Crippen LogP contribution < -0.4 is 5.73 Å². The minimum absolute atomic E-state index is 0.0470. The second kappa shape index (κ2) is 3.59. The average Bonchev–Trinajstić information content (AvgIpc) is 2.61. The third-order valence-corrected chi connectivity index (χ3v) is 2.17. The van der Waals surface area contributed by atoms with Crippen LogP contribution >= 0.6 is 0 Å². The molecule has 4 nitrogen and oxygen atoms in total. The lowest BCUT2D eigenvalue weighted by Crippen LogP contribution is -2.08. The van der Waals surface area contributed by atoms with Crippen LogP contribution in [-0.4, -0.2) is 14.6 Å². The molecule has 2 heterocycles. The molecule has 0 amide bonds. The molecule has 0 aromatic carbocycles. The van der Waals surface area contributed by atoms with E-state index in [1.165, 1.54) is 0 Å². The molecule has 0 aliphatic rings. The van der Waals surface area contributed by atoms with Crippen molar-refractivity contribution in [2.45, 2.75) is 12.5 Å². The fraction of sp³-hybridized carbons (Fsp3) is 0.200. The molecule has 2 rings (SSSR count). The average molecular weight is 188 g/mol. The summed E-state index contributed by atoms with van der Waals surface area (Å²) in [5, 5.41) is 4.18. The van der Waals surface area contributed by atoms with Gasteiger partial charge in [-0.25, -0.2) is 4.52 Å². The van der Waals surface area contributed by atoms with Gasteiger partial charge in [0.25, 0.3) is 0 Å². The molecule has 0 aliphatic heterocycles. The van der Waals surface area contributed by atoms with Gasteiger partial charge in [-0.3, -0.25) is 4.98 Å². The molecule has 0 bridgehead atoms. The number of hydrogen-bond donors (Lipinski definition) is 1. The lowest BCUT2D eigenvalue weighted by molar-refractivity contribution is 0.748. The molecule has 0 spiro atoms. The lowest BCUT2D eigenvalue weighted by Gasteiger charge is -2.05. The Morgan fingerprint density at radius 2 is 2.43 bits per heavy atom. The second-order valence-corrected chi connectivity index (χ2v) is 3.14. The largest absolute Gasteiger partial charge is 0.324 e. The minimum Gasteiger partial charge on any atom is -0.324 e. The maximum absolute atomic E-state index is 5.96. The minimum atomic E-state index is -0.0470. The van der Waals surface area contributed by atoms with Crippen molar-refractivity contribution in [3.05, 3.63) is 43.0 Å². The van der Waals surface area contributed by atoms with E-state index in [1.807, 2.05) is 6.08 Å². The Labute approximate surface area is 82.1 Å². The van der Waals surface area contributed by atoms with Gasteiger partial charge in [0, 0.05) is 24.0 Å². The van der Waals surface area contributed by atoms with Crippen molar-refractivity contribution in [1.29, 1.82) is 0 Å². The van der Waals surface area contributed by atoms with Crippen LogP contribution in [0.1, 0.15) is 18.0 Å². The van der Waals surface area contributed by atoms with E-state index in [-0.39, 0.29) is 6.04 Å². The molecule has 0 radical (unpaired) electrons. The smallest absolute Gasteiger partial charge is 0.0892 e. The number of fused-ring (bicyclic) bond motifs is 1. The molecule has 1 unspecified atom stereocenters. The van der Waals surface area contributed by atoms with Gasteiger partial charge in [0.05, 0.1) is 17.9 Å². The summed E-state index contributed by atoms with van der Waals surface area (Å²) >= 11 is 0. The van der Waals surface area contributed by atoms with Crippen LogP contribution in [0.5, 0.6) is 0 Å². The van der Waals surface area contributed by atoms with E-state index in [2.05, 4.69) is 16.7 Å². The van der Waals surface area contributed by atoms with E-state index in [4.69, 9.17) is 5.73 Å². The zero-order chi connectivity index (χ0) is 9.97. The number of nitrogens with two attached hydrogens (primary N) is 1. The van der Waals surface area contributed by atoms with E-state index in [9.17, 15) is 0 Å². The summed E-state index contributed by atoms with van der Waals surface area (Å²) in [4.78, 5) is 4.05. The van der Waals surface area contributed by atoms with E-state index in [0.717, 1.165) is 17.5 Å².